The van der Waals surface area contributed by atoms with E-state index < -0.39 is 12.1 Å². The van der Waals surface area contributed by atoms with Crippen molar-refractivity contribution >= 4 is 23.5 Å². The van der Waals surface area contributed by atoms with Gasteiger partial charge in [-0.25, -0.2) is 4.79 Å². The Morgan fingerprint density at radius 2 is 2.14 bits per heavy atom. The number of aliphatic hydroxyl groups is 1. The van der Waals surface area contributed by atoms with E-state index in [2.05, 4.69) is 10.6 Å². The molecule has 0 saturated heterocycles. The van der Waals surface area contributed by atoms with E-state index in [1.165, 1.54) is 4.90 Å². The van der Waals surface area contributed by atoms with Crippen molar-refractivity contribution in [2.45, 2.75) is 19.1 Å². The largest absolute Gasteiger partial charge is 0.392 e. The second-order valence-electron chi connectivity index (χ2n) is 5.48. The molecule has 0 bridgehead atoms. The minimum atomic E-state index is -0.632. The van der Waals surface area contributed by atoms with Crippen molar-refractivity contribution in [2.75, 3.05) is 13.1 Å². The second kappa shape index (κ2) is 5.62. The van der Waals surface area contributed by atoms with Gasteiger partial charge in [0.2, 0.25) is 0 Å². The number of nitrogens with zero attached hydrogens (tertiary/aromatic N) is 1. The first kappa shape index (κ1) is 14.9. The van der Waals surface area contributed by atoms with Gasteiger partial charge < -0.3 is 20.6 Å². The van der Waals surface area contributed by atoms with Crippen LogP contribution in [0.3, 0.4) is 0 Å². The highest BCUT2D eigenvalue weighted by Gasteiger charge is 2.41. The van der Waals surface area contributed by atoms with E-state index in [4.69, 9.17) is 11.6 Å². The molecule has 1 aromatic carbocycles. The molecular weight excluding hydrogens is 306 g/mol. The molecule has 0 unspecified atom stereocenters. The molecule has 116 valence electrons. The lowest BCUT2D eigenvalue weighted by molar-refractivity contribution is -0.126. The predicted octanol–water partition coefficient (Wildman–Crippen LogP) is 1.17. The molecule has 7 heteroatoms. The molecule has 0 aliphatic carbocycles. The quantitative estimate of drug-likeness (QED) is 0.781. The van der Waals surface area contributed by atoms with Crippen LogP contribution in [0.25, 0.3) is 0 Å². The van der Waals surface area contributed by atoms with Crippen LogP contribution in [0.4, 0.5) is 4.79 Å². The summed E-state index contributed by atoms with van der Waals surface area (Å²) < 4.78 is 0. The third-order valence-corrected chi connectivity index (χ3v) is 4.07. The summed E-state index contributed by atoms with van der Waals surface area (Å²) in [5, 5.41) is 15.4. The third kappa shape index (κ3) is 2.55. The summed E-state index contributed by atoms with van der Waals surface area (Å²) in [4.78, 5) is 26.0. The summed E-state index contributed by atoms with van der Waals surface area (Å²) in [6.45, 7) is 2.12. The lowest BCUT2D eigenvalue weighted by atomic mass is 9.96. The van der Waals surface area contributed by atoms with Gasteiger partial charge in [0.1, 0.15) is 0 Å². The Labute approximate surface area is 132 Å². The van der Waals surface area contributed by atoms with Crippen LogP contribution in [0.2, 0.25) is 5.02 Å². The monoisotopic (exact) mass is 321 g/mol. The van der Waals surface area contributed by atoms with Gasteiger partial charge in [-0.1, -0.05) is 29.8 Å². The number of β-amino-alcohol motifs (C(OH)–C–C–N with tert-alkyl or cyclic N) is 1. The molecule has 0 spiro atoms. The molecule has 3 rings (SSSR count). The lowest BCUT2D eigenvalue weighted by Gasteiger charge is -2.26. The molecule has 1 aromatic rings. The normalized spacial score (nSPS) is 22.3. The van der Waals surface area contributed by atoms with Gasteiger partial charge in [-0.2, -0.15) is 0 Å². The topological polar surface area (TPSA) is 81.7 Å². The van der Waals surface area contributed by atoms with Crippen LogP contribution < -0.4 is 10.6 Å². The van der Waals surface area contributed by atoms with Gasteiger partial charge in [-0.05, 0) is 18.6 Å². The van der Waals surface area contributed by atoms with Crippen molar-refractivity contribution in [3.63, 3.8) is 0 Å². The van der Waals surface area contributed by atoms with E-state index in [0.717, 1.165) is 0 Å². The first-order valence-corrected chi connectivity index (χ1v) is 7.37. The standard InChI is InChI=1S/C15H16ClN3O3/c1-8(20)6-19-7-11-12(14(19)21)13(18-15(22)17-11)9-4-2-3-5-10(9)16/h2-5,8,13,20H,6-7H2,1H3,(H2,17,18,22)/t8-,13+/m1/s1. The molecule has 22 heavy (non-hydrogen) atoms. The summed E-state index contributed by atoms with van der Waals surface area (Å²) in [7, 11) is 0. The van der Waals surface area contributed by atoms with Gasteiger partial charge in [0.05, 0.1) is 30.0 Å². The first-order valence-electron chi connectivity index (χ1n) is 6.99. The molecule has 2 aliphatic heterocycles. The first-order chi connectivity index (χ1) is 10.5. The van der Waals surface area contributed by atoms with E-state index in [1.54, 1.807) is 25.1 Å². The average molecular weight is 322 g/mol. The Kier molecular flexibility index (Phi) is 3.80. The summed E-state index contributed by atoms with van der Waals surface area (Å²) in [6.07, 6.45) is -0.632. The summed E-state index contributed by atoms with van der Waals surface area (Å²) in [5.74, 6) is -0.201. The van der Waals surface area contributed by atoms with Crippen LogP contribution in [0.5, 0.6) is 0 Å². The lowest BCUT2D eigenvalue weighted by Crippen LogP contribution is -2.44. The Bertz CT molecular complexity index is 672. The number of nitrogens with one attached hydrogen (secondary N) is 2. The van der Waals surface area contributed by atoms with Crippen molar-refractivity contribution in [3.05, 3.63) is 46.1 Å². The fourth-order valence-electron chi connectivity index (χ4n) is 2.84. The smallest absolute Gasteiger partial charge is 0.319 e. The minimum Gasteiger partial charge on any atom is -0.392 e. The van der Waals surface area contributed by atoms with Crippen LogP contribution in [0.15, 0.2) is 35.5 Å². The molecule has 3 N–H and O–H groups in total. The van der Waals surface area contributed by atoms with E-state index in [9.17, 15) is 14.7 Å². The van der Waals surface area contributed by atoms with Crippen LogP contribution in [-0.4, -0.2) is 41.1 Å². The van der Waals surface area contributed by atoms with Gasteiger partial charge in [0, 0.05) is 11.6 Å². The number of carbonyl (C=O) groups excluding carboxylic acids is 2. The number of amides is 3. The highest BCUT2D eigenvalue weighted by molar-refractivity contribution is 6.31. The fourth-order valence-corrected chi connectivity index (χ4v) is 3.08. The molecule has 2 aliphatic rings. The Hall–Kier alpha value is -2.05. The van der Waals surface area contributed by atoms with Crippen molar-refractivity contribution in [2.24, 2.45) is 0 Å². The average Bonchev–Trinajstić information content (AvgIpc) is 2.74. The maximum absolute atomic E-state index is 12.6. The fraction of sp³-hybridized carbons (Fsp3) is 0.333. The number of urea groups is 1. The van der Waals surface area contributed by atoms with Crippen molar-refractivity contribution in [3.8, 4) is 0 Å². The zero-order valence-electron chi connectivity index (χ0n) is 12.0. The SMILES string of the molecule is C[C@@H](O)CN1CC2=C(C1=O)[C@H](c1ccccc1Cl)NC(=O)N2. The van der Waals surface area contributed by atoms with E-state index in [-0.39, 0.29) is 25.0 Å². The number of hydrogen-bond donors (Lipinski definition) is 3. The maximum atomic E-state index is 12.6. The van der Waals surface area contributed by atoms with E-state index >= 15 is 0 Å². The molecule has 0 aromatic heterocycles. The number of benzene rings is 1. The minimum absolute atomic E-state index is 0.201. The van der Waals surface area contributed by atoms with Gasteiger partial charge in [-0.15, -0.1) is 0 Å². The summed E-state index contributed by atoms with van der Waals surface area (Å²) in [6, 6.07) is 6.16. The van der Waals surface area contributed by atoms with E-state index in [1.807, 2.05) is 6.07 Å². The molecule has 6 nitrogen and oxygen atoms in total. The molecule has 2 heterocycles. The van der Waals surface area contributed by atoms with Gasteiger partial charge >= 0.3 is 6.03 Å². The second-order valence-corrected chi connectivity index (χ2v) is 5.89. The zero-order valence-corrected chi connectivity index (χ0v) is 12.7. The summed E-state index contributed by atoms with van der Waals surface area (Å²) >= 11 is 6.20. The van der Waals surface area contributed by atoms with Crippen LogP contribution in [0, 0.1) is 0 Å². The van der Waals surface area contributed by atoms with Gasteiger partial charge in [0.25, 0.3) is 5.91 Å². The summed E-state index contributed by atoms with van der Waals surface area (Å²) in [5.41, 5.74) is 1.73. The Morgan fingerprint density at radius 3 is 2.82 bits per heavy atom. The van der Waals surface area contributed by atoms with E-state index in [0.29, 0.717) is 21.9 Å². The molecule has 0 radical (unpaired) electrons. The van der Waals surface area contributed by atoms with Gasteiger partial charge in [0.15, 0.2) is 0 Å². The molecule has 0 fully saturated rings. The Balaban J connectivity index is 1.98. The van der Waals surface area contributed by atoms with Crippen molar-refractivity contribution in [1.29, 1.82) is 0 Å². The highest BCUT2D eigenvalue weighted by Crippen LogP contribution is 2.35. The molecule has 2 atom stereocenters. The number of halogens is 1. The molecule has 0 saturated carbocycles. The van der Waals surface area contributed by atoms with Crippen molar-refractivity contribution in [1.82, 2.24) is 15.5 Å². The molecule has 3 amide bonds. The highest BCUT2D eigenvalue weighted by atomic mass is 35.5. The van der Waals surface area contributed by atoms with Crippen LogP contribution >= 0.6 is 11.6 Å². The number of carbonyl (C=O) groups is 2. The third-order valence-electron chi connectivity index (χ3n) is 3.72. The Morgan fingerprint density at radius 1 is 1.41 bits per heavy atom. The molecular formula is C15H16ClN3O3. The zero-order chi connectivity index (χ0) is 15.9. The van der Waals surface area contributed by atoms with Crippen molar-refractivity contribution < 1.29 is 14.7 Å². The van der Waals surface area contributed by atoms with Crippen LogP contribution in [-0.2, 0) is 4.79 Å². The predicted molar refractivity (Wildman–Crippen MR) is 81.1 cm³/mol. The maximum Gasteiger partial charge on any atom is 0.319 e. The number of rotatable bonds is 3. The van der Waals surface area contributed by atoms with Gasteiger partial charge in [-0.3, -0.25) is 4.79 Å². The van der Waals surface area contributed by atoms with Crippen LogP contribution in [0.1, 0.15) is 18.5 Å². The number of hydrogen-bond acceptors (Lipinski definition) is 3. The number of aliphatic hydroxyl groups excluding tert-OH is 1.